The van der Waals surface area contributed by atoms with Gasteiger partial charge in [0.25, 0.3) is 0 Å². The predicted octanol–water partition coefficient (Wildman–Crippen LogP) is 2.58. The van der Waals surface area contributed by atoms with E-state index >= 15 is 0 Å². The predicted molar refractivity (Wildman–Crippen MR) is 98.6 cm³/mol. The van der Waals surface area contributed by atoms with Gasteiger partial charge in [0.15, 0.2) is 0 Å². The zero-order valence-corrected chi connectivity index (χ0v) is 16.3. The summed E-state index contributed by atoms with van der Waals surface area (Å²) < 4.78 is 6.53. The molecule has 25 heavy (non-hydrogen) atoms. The Hall–Kier alpha value is -0.980. The van der Waals surface area contributed by atoms with Crippen LogP contribution in [-0.2, 0) is 14.9 Å². The number of ether oxygens (including phenoxy) is 1. The van der Waals surface area contributed by atoms with Crippen LogP contribution in [0.15, 0.2) is 16.7 Å². The third-order valence-electron chi connectivity index (χ3n) is 6.68. The van der Waals surface area contributed by atoms with Gasteiger partial charge in [-0.1, -0.05) is 0 Å². The van der Waals surface area contributed by atoms with Crippen LogP contribution in [0.1, 0.15) is 32.4 Å². The summed E-state index contributed by atoms with van der Waals surface area (Å²) in [6.07, 6.45) is 3.95. The Balaban J connectivity index is 1.33. The Morgan fingerprint density at radius 3 is 2.56 bits per heavy atom. The number of anilines is 1. The highest BCUT2D eigenvalue weighted by Crippen LogP contribution is 2.46. The number of rotatable bonds is 2. The van der Waals surface area contributed by atoms with E-state index in [1.807, 2.05) is 18.7 Å². The monoisotopic (exact) mass is 405 g/mol. The van der Waals surface area contributed by atoms with E-state index in [1.165, 1.54) is 13.1 Å². The molecule has 3 aliphatic heterocycles. The lowest BCUT2D eigenvalue weighted by molar-refractivity contribution is -0.123. The maximum atomic E-state index is 13.1. The fourth-order valence-corrected chi connectivity index (χ4v) is 5.38. The van der Waals surface area contributed by atoms with E-state index in [9.17, 15) is 4.79 Å². The third kappa shape index (κ3) is 2.33. The van der Waals surface area contributed by atoms with Crippen LogP contribution in [0.2, 0.25) is 0 Å². The van der Waals surface area contributed by atoms with Gasteiger partial charge in [0.2, 0.25) is 5.91 Å². The van der Waals surface area contributed by atoms with Crippen LogP contribution in [0.3, 0.4) is 0 Å². The Morgan fingerprint density at radius 1 is 1.20 bits per heavy atom. The second-order valence-corrected chi connectivity index (χ2v) is 9.53. The maximum Gasteiger partial charge on any atom is 0.239 e. The molecule has 1 aromatic heterocycles. The van der Waals surface area contributed by atoms with Crippen LogP contribution in [0.5, 0.6) is 0 Å². The molecule has 6 heteroatoms. The summed E-state index contributed by atoms with van der Waals surface area (Å²) in [7, 11) is 0. The van der Waals surface area contributed by atoms with Crippen molar-refractivity contribution in [3.8, 4) is 0 Å². The first-order valence-electron chi connectivity index (χ1n) is 9.26. The minimum Gasteiger partial charge on any atom is -0.381 e. The Kier molecular flexibility index (Phi) is 3.57. The number of fused-ring (bicyclic) bond motifs is 2. The average molecular weight is 406 g/mol. The first-order valence-corrected chi connectivity index (χ1v) is 10.1. The average Bonchev–Trinajstić information content (AvgIpc) is 3.14. The Labute approximate surface area is 156 Å². The number of likely N-dealkylation sites (tertiary alicyclic amines) is 1. The van der Waals surface area contributed by atoms with Crippen molar-refractivity contribution < 1.29 is 9.53 Å². The molecule has 1 aliphatic carbocycles. The highest BCUT2D eigenvalue weighted by atomic mass is 79.9. The lowest BCUT2D eigenvalue weighted by Crippen LogP contribution is -2.56. The molecule has 0 spiro atoms. The molecule has 1 saturated carbocycles. The van der Waals surface area contributed by atoms with Crippen LogP contribution >= 0.6 is 15.9 Å². The van der Waals surface area contributed by atoms with Crippen molar-refractivity contribution in [2.45, 2.75) is 44.2 Å². The Bertz CT molecular complexity index is 719. The fourth-order valence-electron chi connectivity index (χ4n) is 5.06. The number of hydrogen-bond acceptors (Lipinski definition) is 4. The number of pyridine rings is 1. The number of aromatic nitrogens is 1. The normalized spacial score (nSPS) is 36.4. The topological polar surface area (TPSA) is 45.7 Å². The SMILES string of the molecule is CC1(C)C(=O)N(C2CC(N3CC4COCC4C3)C2)c2cc(Br)cnc21. The van der Waals surface area contributed by atoms with Crippen LogP contribution in [0, 0.1) is 11.8 Å². The van der Waals surface area contributed by atoms with Crippen molar-refractivity contribution in [1.29, 1.82) is 0 Å². The smallest absolute Gasteiger partial charge is 0.239 e. The first kappa shape index (κ1) is 16.2. The molecule has 134 valence electrons. The molecule has 0 aromatic carbocycles. The van der Waals surface area contributed by atoms with Gasteiger partial charge in [0.1, 0.15) is 0 Å². The van der Waals surface area contributed by atoms with Gasteiger partial charge in [-0.15, -0.1) is 0 Å². The largest absolute Gasteiger partial charge is 0.381 e. The van der Waals surface area contributed by atoms with E-state index in [-0.39, 0.29) is 5.91 Å². The van der Waals surface area contributed by atoms with Gasteiger partial charge >= 0.3 is 0 Å². The standard InChI is InChI=1S/C19H24BrN3O2/c1-19(2)17-16(3-13(20)6-21-17)23(18(19)24)15-4-14(5-15)22-7-11-9-25-10-12(11)8-22/h3,6,11-12,14-15H,4-5,7-10H2,1-2H3. The molecule has 0 N–H and O–H groups in total. The summed E-state index contributed by atoms with van der Waals surface area (Å²) in [5, 5.41) is 0. The molecule has 0 bridgehead atoms. The molecule has 3 fully saturated rings. The minimum absolute atomic E-state index is 0.197. The van der Waals surface area contributed by atoms with Gasteiger partial charge in [-0.2, -0.15) is 0 Å². The van der Waals surface area contributed by atoms with E-state index in [0.717, 1.165) is 53.7 Å². The molecule has 1 aromatic rings. The molecule has 2 atom stereocenters. The zero-order valence-electron chi connectivity index (χ0n) is 14.7. The molecule has 0 radical (unpaired) electrons. The van der Waals surface area contributed by atoms with Crippen molar-refractivity contribution in [2.24, 2.45) is 11.8 Å². The summed E-state index contributed by atoms with van der Waals surface area (Å²) in [6, 6.07) is 2.99. The van der Waals surface area contributed by atoms with E-state index in [1.54, 1.807) is 6.20 Å². The van der Waals surface area contributed by atoms with Gasteiger partial charge in [-0.3, -0.25) is 14.7 Å². The summed E-state index contributed by atoms with van der Waals surface area (Å²) >= 11 is 3.51. The van der Waals surface area contributed by atoms with E-state index < -0.39 is 5.41 Å². The van der Waals surface area contributed by atoms with E-state index in [0.29, 0.717) is 12.1 Å². The van der Waals surface area contributed by atoms with Crippen LogP contribution in [-0.4, -0.2) is 54.2 Å². The van der Waals surface area contributed by atoms with Crippen LogP contribution < -0.4 is 4.90 Å². The highest BCUT2D eigenvalue weighted by molar-refractivity contribution is 9.10. The molecule has 4 aliphatic rings. The van der Waals surface area contributed by atoms with Crippen molar-refractivity contribution in [3.05, 3.63) is 22.4 Å². The number of halogens is 1. The van der Waals surface area contributed by atoms with Gasteiger partial charge in [0.05, 0.1) is 30.0 Å². The van der Waals surface area contributed by atoms with Gasteiger partial charge in [-0.25, -0.2) is 0 Å². The first-order chi connectivity index (χ1) is 11.9. The van der Waals surface area contributed by atoms with Crippen molar-refractivity contribution in [3.63, 3.8) is 0 Å². The number of carbonyl (C=O) groups is 1. The van der Waals surface area contributed by atoms with E-state index in [2.05, 4.69) is 31.9 Å². The van der Waals surface area contributed by atoms with Gasteiger partial charge < -0.3 is 9.64 Å². The number of hydrogen-bond donors (Lipinski definition) is 0. The fraction of sp³-hybridized carbons (Fsp3) is 0.684. The van der Waals surface area contributed by atoms with Crippen LogP contribution in [0.4, 0.5) is 5.69 Å². The third-order valence-corrected chi connectivity index (χ3v) is 7.11. The second kappa shape index (κ2) is 5.51. The molecule has 4 heterocycles. The quantitative estimate of drug-likeness (QED) is 0.758. The summed E-state index contributed by atoms with van der Waals surface area (Å²) in [4.78, 5) is 22.3. The molecular weight excluding hydrogens is 382 g/mol. The molecule has 2 unspecified atom stereocenters. The molecule has 5 nitrogen and oxygen atoms in total. The van der Waals surface area contributed by atoms with Gasteiger partial charge in [0, 0.05) is 47.7 Å². The summed E-state index contributed by atoms with van der Waals surface area (Å²) in [6.45, 7) is 8.20. The highest BCUT2D eigenvalue weighted by Gasteiger charge is 2.52. The summed E-state index contributed by atoms with van der Waals surface area (Å²) in [5.41, 5.74) is 1.39. The molecule has 5 rings (SSSR count). The minimum atomic E-state index is -0.525. The lowest BCUT2D eigenvalue weighted by atomic mass is 9.83. The Morgan fingerprint density at radius 2 is 1.88 bits per heavy atom. The van der Waals surface area contributed by atoms with Crippen LogP contribution in [0.25, 0.3) is 0 Å². The summed E-state index contributed by atoms with van der Waals surface area (Å²) in [5.74, 6) is 1.66. The maximum absolute atomic E-state index is 13.1. The van der Waals surface area contributed by atoms with Gasteiger partial charge in [-0.05, 0) is 48.7 Å². The van der Waals surface area contributed by atoms with Crippen molar-refractivity contribution >= 4 is 27.5 Å². The van der Waals surface area contributed by atoms with Crippen molar-refractivity contribution in [1.82, 2.24) is 9.88 Å². The van der Waals surface area contributed by atoms with Crippen molar-refractivity contribution in [2.75, 3.05) is 31.2 Å². The number of nitrogens with zero attached hydrogens (tertiary/aromatic N) is 3. The number of carbonyl (C=O) groups excluding carboxylic acids is 1. The molecule has 2 saturated heterocycles. The number of amides is 1. The second-order valence-electron chi connectivity index (χ2n) is 8.61. The molecule has 1 amide bonds. The zero-order chi connectivity index (χ0) is 17.3. The van der Waals surface area contributed by atoms with E-state index in [4.69, 9.17) is 4.74 Å². The molecular formula is C19H24BrN3O2. The lowest BCUT2D eigenvalue weighted by Gasteiger charge is -2.46.